The summed E-state index contributed by atoms with van der Waals surface area (Å²) in [5.41, 5.74) is 2.19. The van der Waals surface area contributed by atoms with Gasteiger partial charge in [-0.25, -0.2) is 4.79 Å². The van der Waals surface area contributed by atoms with E-state index in [2.05, 4.69) is 10.6 Å². The largest absolute Gasteiger partial charge is 0.480 e. The minimum absolute atomic E-state index is 0.142. The van der Waals surface area contributed by atoms with Crippen LogP contribution in [0.2, 0.25) is 0 Å². The Labute approximate surface area is 158 Å². The fourth-order valence-corrected chi connectivity index (χ4v) is 2.66. The molecule has 0 radical (unpaired) electrons. The number of hydrogen-bond donors (Lipinski definition) is 3. The zero-order valence-electron chi connectivity index (χ0n) is 15.7. The minimum Gasteiger partial charge on any atom is -0.480 e. The molecule has 1 atom stereocenters. The summed E-state index contributed by atoms with van der Waals surface area (Å²) in [5, 5.41) is 14.6. The van der Waals surface area contributed by atoms with Crippen molar-refractivity contribution in [1.82, 2.24) is 5.32 Å². The maximum absolute atomic E-state index is 12.4. The number of rotatable bonds is 7. The van der Waals surface area contributed by atoms with Crippen molar-refractivity contribution in [3.63, 3.8) is 0 Å². The predicted octanol–water partition coefficient (Wildman–Crippen LogP) is 3.48. The predicted molar refractivity (Wildman–Crippen MR) is 104 cm³/mol. The van der Waals surface area contributed by atoms with Gasteiger partial charge in [0.1, 0.15) is 6.04 Å². The molecule has 1 unspecified atom stereocenters. The highest BCUT2D eigenvalue weighted by molar-refractivity contribution is 6.05. The number of carboxylic acid groups (broad SMARTS) is 1. The Morgan fingerprint density at radius 2 is 1.63 bits per heavy atom. The van der Waals surface area contributed by atoms with Crippen LogP contribution in [0.4, 0.5) is 5.69 Å². The van der Waals surface area contributed by atoms with Crippen molar-refractivity contribution in [2.75, 3.05) is 5.32 Å². The number of carbonyl (C=O) groups is 3. The number of carboxylic acids is 1. The zero-order valence-corrected chi connectivity index (χ0v) is 15.7. The van der Waals surface area contributed by atoms with E-state index in [0.29, 0.717) is 28.8 Å². The quantitative estimate of drug-likeness (QED) is 0.697. The van der Waals surface area contributed by atoms with Crippen molar-refractivity contribution < 1.29 is 19.5 Å². The van der Waals surface area contributed by atoms with Gasteiger partial charge in [0.25, 0.3) is 11.8 Å². The van der Waals surface area contributed by atoms with Gasteiger partial charge in [0.05, 0.1) is 0 Å². The molecule has 27 heavy (non-hydrogen) atoms. The second-order valence-electron chi connectivity index (χ2n) is 6.84. The fourth-order valence-electron chi connectivity index (χ4n) is 2.66. The van der Waals surface area contributed by atoms with Crippen LogP contribution in [0.1, 0.15) is 46.5 Å². The standard InChI is InChI=1S/C21H24N2O4/c1-13(2)11-18(21(26)27)23-20(25)16-9-10-17(14(3)12-16)22-19(24)15-7-5-4-6-8-15/h4-10,12-13,18H,11H2,1-3H3,(H,22,24)(H,23,25)(H,26,27). The number of nitrogens with one attached hydrogen (secondary N) is 2. The second kappa shape index (κ2) is 8.98. The van der Waals surface area contributed by atoms with Crippen molar-refractivity contribution in [2.24, 2.45) is 5.92 Å². The van der Waals surface area contributed by atoms with Crippen molar-refractivity contribution in [2.45, 2.75) is 33.2 Å². The van der Waals surface area contributed by atoms with Crippen LogP contribution in [0.15, 0.2) is 48.5 Å². The second-order valence-corrected chi connectivity index (χ2v) is 6.84. The lowest BCUT2D eigenvalue weighted by atomic mass is 10.0. The van der Waals surface area contributed by atoms with Crippen LogP contribution in [0.5, 0.6) is 0 Å². The summed E-state index contributed by atoms with van der Waals surface area (Å²) in [7, 11) is 0. The molecule has 0 heterocycles. The van der Waals surface area contributed by atoms with E-state index in [0.717, 1.165) is 0 Å². The topological polar surface area (TPSA) is 95.5 Å². The summed E-state index contributed by atoms with van der Waals surface area (Å²) in [6.45, 7) is 5.58. The molecule has 142 valence electrons. The minimum atomic E-state index is -1.06. The van der Waals surface area contributed by atoms with Crippen LogP contribution in [-0.4, -0.2) is 28.9 Å². The van der Waals surface area contributed by atoms with Crippen LogP contribution in [0, 0.1) is 12.8 Å². The van der Waals surface area contributed by atoms with E-state index in [1.165, 1.54) is 0 Å². The van der Waals surface area contributed by atoms with Gasteiger partial charge >= 0.3 is 5.97 Å². The van der Waals surface area contributed by atoms with E-state index in [4.69, 9.17) is 0 Å². The molecular formula is C21H24N2O4. The van der Waals surface area contributed by atoms with E-state index in [1.54, 1.807) is 49.4 Å². The molecule has 2 amide bonds. The molecule has 0 bridgehead atoms. The highest BCUT2D eigenvalue weighted by Crippen LogP contribution is 2.18. The van der Waals surface area contributed by atoms with E-state index >= 15 is 0 Å². The third-order valence-electron chi connectivity index (χ3n) is 4.08. The first-order chi connectivity index (χ1) is 12.8. The lowest BCUT2D eigenvalue weighted by molar-refractivity contribution is -0.139. The molecule has 0 saturated carbocycles. The van der Waals surface area contributed by atoms with E-state index < -0.39 is 17.9 Å². The van der Waals surface area contributed by atoms with Crippen molar-refractivity contribution >= 4 is 23.5 Å². The molecule has 6 heteroatoms. The number of aryl methyl sites for hydroxylation is 1. The lowest BCUT2D eigenvalue weighted by Gasteiger charge is -2.17. The molecule has 6 nitrogen and oxygen atoms in total. The molecule has 0 spiro atoms. The number of benzene rings is 2. The molecule has 2 rings (SSSR count). The Balaban J connectivity index is 2.10. The summed E-state index contributed by atoms with van der Waals surface area (Å²) in [4.78, 5) is 36.0. The smallest absolute Gasteiger partial charge is 0.326 e. The molecule has 3 N–H and O–H groups in total. The van der Waals surface area contributed by atoms with E-state index in [-0.39, 0.29) is 11.8 Å². The van der Waals surface area contributed by atoms with Gasteiger partial charge in [-0.05, 0) is 55.2 Å². The summed E-state index contributed by atoms with van der Waals surface area (Å²) >= 11 is 0. The molecule has 0 aliphatic rings. The first-order valence-corrected chi connectivity index (χ1v) is 8.78. The van der Waals surface area contributed by atoms with Crippen LogP contribution in [-0.2, 0) is 4.79 Å². The van der Waals surface area contributed by atoms with Gasteiger partial charge in [-0.3, -0.25) is 9.59 Å². The van der Waals surface area contributed by atoms with Crippen LogP contribution < -0.4 is 10.6 Å². The van der Waals surface area contributed by atoms with Gasteiger partial charge in [0.2, 0.25) is 0 Å². The van der Waals surface area contributed by atoms with Gasteiger partial charge < -0.3 is 15.7 Å². The molecule has 2 aromatic rings. The maximum atomic E-state index is 12.4. The Kier molecular flexibility index (Phi) is 6.71. The summed E-state index contributed by atoms with van der Waals surface area (Å²) in [6, 6.07) is 12.7. The number of aliphatic carboxylic acids is 1. The molecule has 0 saturated heterocycles. The maximum Gasteiger partial charge on any atom is 0.326 e. The van der Waals surface area contributed by atoms with E-state index in [9.17, 15) is 19.5 Å². The Bertz CT molecular complexity index is 831. The monoisotopic (exact) mass is 368 g/mol. The van der Waals surface area contributed by atoms with Crippen LogP contribution in [0.25, 0.3) is 0 Å². The van der Waals surface area contributed by atoms with Crippen molar-refractivity contribution in [3.8, 4) is 0 Å². The number of anilines is 1. The summed E-state index contributed by atoms with van der Waals surface area (Å²) < 4.78 is 0. The third-order valence-corrected chi connectivity index (χ3v) is 4.08. The molecular weight excluding hydrogens is 344 g/mol. The van der Waals surface area contributed by atoms with Gasteiger partial charge in [0, 0.05) is 16.8 Å². The van der Waals surface area contributed by atoms with Gasteiger partial charge in [-0.1, -0.05) is 32.0 Å². The molecule has 0 aliphatic carbocycles. The van der Waals surface area contributed by atoms with Gasteiger partial charge in [0.15, 0.2) is 0 Å². The lowest BCUT2D eigenvalue weighted by Crippen LogP contribution is -2.41. The first kappa shape index (κ1) is 20.2. The highest BCUT2D eigenvalue weighted by Gasteiger charge is 2.22. The number of hydrogen-bond acceptors (Lipinski definition) is 3. The number of amides is 2. The van der Waals surface area contributed by atoms with E-state index in [1.807, 2.05) is 19.9 Å². The highest BCUT2D eigenvalue weighted by atomic mass is 16.4. The van der Waals surface area contributed by atoms with Crippen LogP contribution >= 0.6 is 0 Å². The Hall–Kier alpha value is -3.15. The molecule has 0 fully saturated rings. The molecule has 0 aliphatic heterocycles. The van der Waals surface area contributed by atoms with Crippen LogP contribution in [0.3, 0.4) is 0 Å². The Morgan fingerprint density at radius 1 is 0.963 bits per heavy atom. The fraction of sp³-hybridized carbons (Fsp3) is 0.286. The molecule has 0 aromatic heterocycles. The number of carbonyl (C=O) groups excluding carboxylic acids is 2. The average Bonchev–Trinajstić information content (AvgIpc) is 2.62. The first-order valence-electron chi connectivity index (χ1n) is 8.78. The van der Waals surface area contributed by atoms with Gasteiger partial charge in [-0.2, -0.15) is 0 Å². The SMILES string of the molecule is Cc1cc(C(=O)NC(CC(C)C)C(=O)O)ccc1NC(=O)c1ccccc1. The van der Waals surface area contributed by atoms with Crippen molar-refractivity contribution in [1.29, 1.82) is 0 Å². The van der Waals surface area contributed by atoms with Gasteiger partial charge in [-0.15, -0.1) is 0 Å². The average molecular weight is 368 g/mol. The molecule has 2 aromatic carbocycles. The summed E-state index contributed by atoms with van der Waals surface area (Å²) in [6.07, 6.45) is 0.352. The normalized spacial score (nSPS) is 11.7. The van der Waals surface area contributed by atoms with Crippen molar-refractivity contribution in [3.05, 3.63) is 65.2 Å². The zero-order chi connectivity index (χ0) is 20.0. The Morgan fingerprint density at radius 3 is 2.19 bits per heavy atom. The summed E-state index contributed by atoms with van der Waals surface area (Å²) in [5.74, 6) is -1.60. The third kappa shape index (κ3) is 5.67.